The topological polar surface area (TPSA) is 85.7 Å². The average molecular weight is 525 g/mol. The highest BCUT2D eigenvalue weighted by molar-refractivity contribution is 6.33. The Morgan fingerprint density at radius 1 is 0.941 bits per heavy atom. The highest BCUT2D eigenvalue weighted by Gasteiger charge is 2.14. The Kier molecular flexibility index (Phi) is 9.65. The molecule has 0 heterocycles. The van der Waals surface area contributed by atoms with Gasteiger partial charge in [0, 0.05) is 42.4 Å². The summed E-state index contributed by atoms with van der Waals surface area (Å²) in [6.45, 7) is 4.39. The molecule has 10 heteroatoms. The maximum atomic E-state index is 10.8. The summed E-state index contributed by atoms with van der Waals surface area (Å²) in [7, 11) is 0. The maximum absolute atomic E-state index is 10.8. The quantitative estimate of drug-likeness (QED) is 0.155. The molecule has 0 aliphatic carbocycles. The highest BCUT2D eigenvalue weighted by atomic mass is 35.5. The zero-order valence-corrected chi connectivity index (χ0v) is 20.7. The molecule has 180 valence electrons. The van der Waals surface area contributed by atoms with E-state index in [1.54, 1.807) is 6.07 Å². The third kappa shape index (κ3) is 7.14. The van der Waals surface area contributed by atoms with E-state index in [2.05, 4.69) is 10.6 Å². The minimum absolute atomic E-state index is 0.0463. The zero-order valence-electron chi connectivity index (χ0n) is 18.4. The van der Waals surface area contributed by atoms with Crippen molar-refractivity contribution in [2.24, 2.45) is 0 Å². The Balaban J connectivity index is 1.55. The number of nitro groups is 1. The number of halogens is 3. The van der Waals surface area contributed by atoms with Crippen LogP contribution in [0.5, 0.6) is 11.5 Å². The van der Waals surface area contributed by atoms with Crippen molar-refractivity contribution in [1.29, 1.82) is 0 Å². The van der Waals surface area contributed by atoms with E-state index in [1.165, 1.54) is 12.1 Å². The molecule has 3 aromatic rings. The monoisotopic (exact) mass is 523 g/mol. The lowest BCUT2D eigenvalue weighted by Gasteiger charge is -2.16. The zero-order chi connectivity index (χ0) is 24.5. The summed E-state index contributed by atoms with van der Waals surface area (Å²) in [5, 5.41) is 18.7. The molecule has 0 saturated heterocycles. The number of hydrogen-bond donors (Lipinski definition) is 2. The van der Waals surface area contributed by atoms with Gasteiger partial charge in [-0.05, 0) is 36.8 Å². The van der Waals surface area contributed by atoms with Crippen LogP contribution in [0, 0.1) is 10.1 Å². The van der Waals surface area contributed by atoms with Gasteiger partial charge >= 0.3 is 0 Å². The van der Waals surface area contributed by atoms with Crippen LogP contribution in [0.25, 0.3) is 0 Å². The van der Waals surface area contributed by atoms with E-state index < -0.39 is 4.92 Å². The summed E-state index contributed by atoms with van der Waals surface area (Å²) in [5.74, 6) is 1.04. The molecule has 0 spiro atoms. The standard InChI is InChI=1S/C24H24Cl3N3O4/c1-2-33-23-12-16(11-21(27)24(23)34-15-17-5-3-4-6-19(17)25)14-28-9-10-29-22-8-7-18(30(31)32)13-20(22)26/h3-8,11-13,28-29H,2,9-10,14-15H2,1H3. The van der Waals surface area contributed by atoms with Crippen molar-refractivity contribution in [2.75, 3.05) is 25.0 Å². The molecule has 0 amide bonds. The van der Waals surface area contributed by atoms with Crippen LogP contribution in [0.1, 0.15) is 18.1 Å². The van der Waals surface area contributed by atoms with E-state index in [1.807, 2.05) is 43.3 Å². The van der Waals surface area contributed by atoms with Gasteiger partial charge in [-0.2, -0.15) is 0 Å². The summed E-state index contributed by atoms with van der Waals surface area (Å²) < 4.78 is 11.7. The van der Waals surface area contributed by atoms with Gasteiger partial charge in [0.25, 0.3) is 5.69 Å². The van der Waals surface area contributed by atoms with E-state index >= 15 is 0 Å². The number of anilines is 1. The third-order valence-electron chi connectivity index (χ3n) is 4.81. The van der Waals surface area contributed by atoms with Gasteiger partial charge in [0.15, 0.2) is 11.5 Å². The van der Waals surface area contributed by atoms with Crippen molar-refractivity contribution >= 4 is 46.2 Å². The van der Waals surface area contributed by atoms with Crippen LogP contribution in [0.3, 0.4) is 0 Å². The highest BCUT2D eigenvalue weighted by Crippen LogP contribution is 2.37. The molecule has 0 atom stereocenters. The van der Waals surface area contributed by atoms with E-state index in [0.29, 0.717) is 58.5 Å². The Morgan fingerprint density at radius 3 is 2.44 bits per heavy atom. The fourth-order valence-corrected chi connectivity index (χ4v) is 3.89. The predicted molar refractivity (Wildman–Crippen MR) is 137 cm³/mol. The second-order valence-electron chi connectivity index (χ2n) is 7.24. The van der Waals surface area contributed by atoms with Gasteiger partial charge in [0.05, 0.1) is 27.3 Å². The first kappa shape index (κ1) is 25.9. The number of rotatable bonds is 12. The van der Waals surface area contributed by atoms with E-state index in [-0.39, 0.29) is 12.3 Å². The smallest absolute Gasteiger partial charge is 0.271 e. The number of ether oxygens (including phenoxy) is 2. The van der Waals surface area contributed by atoms with Gasteiger partial charge in [-0.1, -0.05) is 53.0 Å². The van der Waals surface area contributed by atoms with Crippen molar-refractivity contribution in [1.82, 2.24) is 5.32 Å². The van der Waals surface area contributed by atoms with Crippen LogP contribution >= 0.6 is 34.8 Å². The SMILES string of the molecule is CCOc1cc(CNCCNc2ccc([N+](=O)[O-])cc2Cl)cc(Cl)c1OCc1ccccc1Cl. The van der Waals surface area contributed by atoms with E-state index in [9.17, 15) is 10.1 Å². The Morgan fingerprint density at radius 2 is 1.74 bits per heavy atom. The second kappa shape index (κ2) is 12.7. The fraction of sp³-hybridized carbons (Fsp3) is 0.250. The summed E-state index contributed by atoms with van der Waals surface area (Å²) in [6.07, 6.45) is 0. The normalized spacial score (nSPS) is 10.7. The molecule has 34 heavy (non-hydrogen) atoms. The first-order valence-electron chi connectivity index (χ1n) is 10.6. The minimum Gasteiger partial charge on any atom is -0.490 e. The lowest BCUT2D eigenvalue weighted by atomic mass is 10.2. The molecular weight excluding hydrogens is 501 g/mol. The van der Waals surface area contributed by atoms with Crippen LogP contribution in [0.4, 0.5) is 11.4 Å². The Hall–Kier alpha value is -2.71. The van der Waals surface area contributed by atoms with Crippen molar-refractivity contribution in [2.45, 2.75) is 20.1 Å². The fourth-order valence-electron chi connectivity index (χ4n) is 3.17. The van der Waals surface area contributed by atoms with Gasteiger partial charge in [-0.3, -0.25) is 10.1 Å². The molecule has 0 aromatic heterocycles. The van der Waals surface area contributed by atoms with Gasteiger partial charge in [0.2, 0.25) is 0 Å². The minimum atomic E-state index is -0.480. The molecule has 3 aromatic carbocycles. The van der Waals surface area contributed by atoms with Crippen LogP contribution in [0.15, 0.2) is 54.6 Å². The third-order valence-corrected chi connectivity index (χ3v) is 5.77. The Bertz CT molecular complexity index is 1140. The molecule has 0 unspecified atom stereocenters. The molecule has 3 rings (SSSR count). The summed E-state index contributed by atoms with van der Waals surface area (Å²) in [5.41, 5.74) is 2.38. The summed E-state index contributed by atoms with van der Waals surface area (Å²) in [4.78, 5) is 10.3. The van der Waals surface area contributed by atoms with Gasteiger partial charge < -0.3 is 20.1 Å². The van der Waals surface area contributed by atoms with Gasteiger partial charge in [-0.15, -0.1) is 0 Å². The molecule has 0 bridgehead atoms. The first-order chi connectivity index (χ1) is 16.4. The van der Waals surface area contributed by atoms with Crippen molar-refractivity contribution in [3.8, 4) is 11.5 Å². The summed E-state index contributed by atoms with van der Waals surface area (Å²) >= 11 is 18.8. The van der Waals surface area contributed by atoms with E-state index in [4.69, 9.17) is 44.3 Å². The predicted octanol–water partition coefficient (Wildman–Crippen LogP) is 6.73. The molecule has 0 radical (unpaired) electrons. The second-order valence-corrected chi connectivity index (χ2v) is 8.46. The number of benzene rings is 3. The Labute approximate surface area is 213 Å². The van der Waals surface area contributed by atoms with Crippen LogP contribution in [-0.4, -0.2) is 24.6 Å². The molecular formula is C24H24Cl3N3O4. The average Bonchev–Trinajstić information content (AvgIpc) is 2.80. The number of nitrogens with zero attached hydrogens (tertiary/aromatic N) is 1. The van der Waals surface area contributed by atoms with E-state index in [0.717, 1.165) is 11.1 Å². The van der Waals surface area contributed by atoms with Crippen molar-refractivity contribution in [3.63, 3.8) is 0 Å². The largest absolute Gasteiger partial charge is 0.490 e. The number of hydrogen-bond acceptors (Lipinski definition) is 6. The van der Waals surface area contributed by atoms with Crippen LogP contribution in [-0.2, 0) is 13.2 Å². The lowest BCUT2D eigenvalue weighted by Crippen LogP contribution is -2.22. The van der Waals surface area contributed by atoms with Crippen molar-refractivity contribution < 1.29 is 14.4 Å². The first-order valence-corrected chi connectivity index (χ1v) is 11.7. The number of nitrogens with one attached hydrogen (secondary N) is 2. The molecule has 7 nitrogen and oxygen atoms in total. The molecule has 0 fully saturated rings. The maximum Gasteiger partial charge on any atom is 0.271 e. The number of non-ortho nitro benzene ring substituents is 1. The van der Waals surface area contributed by atoms with Crippen molar-refractivity contribution in [3.05, 3.63) is 90.9 Å². The van der Waals surface area contributed by atoms with Crippen LogP contribution in [0.2, 0.25) is 15.1 Å². The molecule has 0 saturated carbocycles. The molecule has 2 N–H and O–H groups in total. The van der Waals surface area contributed by atoms with Crippen LogP contribution < -0.4 is 20.1 Å². The molecule has 0 aliphatic rings. The van der Waals surface area contributed by atoms with Gasteiger partial charge in [0.1, 0.15) is 6.61 Å². The molecule has 0 aliphatic heterocycles. The lowest BCUT2D eigenvalue weighted by molar-refractivity contribution is -0.384. The summed E-state index contributed by atoms with van der Waals surface area (Å²) in [6, 6.07) is 15.5. The van der Waals surface area contributed by atoms with Gasteiger partial charge in [-0.25, -0.2) is 0 Å². The number of nitro benzene ring substituents is 1.